The van der Waals surface area contributed by atoms with Gasteiger partial charge in [0.25, 0.3) is 0 Å². The highest BCUT2D eigenvalue weighted by Gasteiger charge is 2.28. The largest absolute Gasteiger partial charge is 0.369 e. The number of hydrogen-bond donors (Lipinski definition) is 1. The van der Waals surface area contributed by atoms with E-state index in [1.54, 1.807) is 0 Å². The minimum atomic E-state index is 0.145. The third-order valence-corrected chi connectivity index (χ3v) is 3.78. The van der Waals surface area contributed by atoms with Crippen molar-refractivity contribution >= 4 is 10.9 Å². The van der Waals surface area contributed by atoms with Gasteiger partial charge in [-0.2, -0.15) is 5.10 Å². The molecule has 0 amide bonds. The fourth-order valence-electron chi connectivity index (χ4n) is 2.69. The SMILES string of the molecule is c1ccc2c3n(nc2c1)CCOC3CNC1CC1. The second-order valence-corrected chi connectivity index (χ2v) is 5.17. The minimum Gasteiger partial charge on any atom is -0.369 e. The van der Waals surface area contributed by atoms with Crippen LogP contribution in [0, 0.1) is 0 Å². The normalized spacial score (nSPS) is 23.2. The summed E-state index contributed by atoms with van der Waals surface area (Å²) < 4.78 is 8.04. The van der Waals surface area contributed by atoms with E-state index >= 15 is 0 Å². The summed E-state index contributed by atoms with van der Waals surface area (Å²) in [7, 11) is 0. The van der Waals surface area contributed by atoms with Crippen molar-refractivity contribution in [3.63, 3.8) is 0 Å². The Morgan fingerprint density at radius 1 is 1.33 bits per heavy atom. The molecule has 2 heterocycles. The first-order chi connectivity index (χ1) is 8.92. The first kappa shape index (κ1) is 10.5. The summed E-state index contributed by atoms with van der Waals surface area (Å²) in [5.74, 6) is 0. The van der Waals surface area contributed by atoms with Crippen LogP contribution in [0.1, 0.15) is 24.6 Å². The zero-order valence-electron chi connectivity index (χ0n) is 10.3. The highest BCUT2D eigenvalue weighted by atomic mass is 16.5. The highest BCUT2D eigenvalue weighted by molar-refractivity contribution is 5.82. The number of fused-ring (bicyclic) bond motifs is 3. The van der Waals surface area contributed by atoms with Crippen LogP contribution in [0.3, 0.4) is 0 Å². The van der Waals surface area contributed by atoms with E-state index in [9.17, 15) is 0 Å². The minimum absolute atomic E-state index is 0.145. The van der Waals surface area contributed by atoms with E-state index in [4.69, 9.17) is 4.74 Å². The Morgan fingerprint density at radius 2 is 2.22 bits per heavy atom. The van der Waals surface area contributed by atoms with Gasteiger partial charge in [-0.25, -0.2) is 0 Å². The predicted octanol–water partition coefficient (Wildman–Crippen LogP) is 1.86. The molecular weight excluding hydrogens is 226 g/mol. The summed E-state index contributed by atoms with van der Waals surface area (Å²) in [5.41, 5.74) is 2.32. The second-order valence-electron chi connectivity index (χ2n) is 5.17. The lowest BCUT2D eigenvalue weighted by molar-refractivity contribution is 0.0182. The molecule has 0 radical (unpaired) electrons. The molecule has 4 nitrogen and oxygen atoms in total. The summed E-state index contributed by atoms with van der Waals surface area (Å²) in [6.07, 6.45) is 2.77. The van der Waals surface area contributed by atoms with E-state index in [0.29, 0.717) is 0 Å². The van der Waals surface area contributed by atoms with Crippen LogP contribution in [-0.2, 0) is 11.3 Å². The molecule has 0 spiro atoms. The lowest BCUT2D eigenvalue weighted by Gasteiger charge is -2.25. The molecule has 4 heteroatoms. The van der Waals surface area contributed by atoms with E-state index < -0.39 is 0 Å². The van der Waals surface area contributed by atoms with Crippen LogP contribution in [0.25, 0.3) is 10.9 Å². The lowest BCUT2D eigenvalue weighted by Crippen LogP contribution is -2.31. The molecule has 1 aliphatic carbocycles. The molecule has 1 saturated carbocycles. The van der Waals surface area contributed by atoms with Crippen LogP contribution in [-0.4, -0.2) is 29.0 Å². The highest BCUT2D eigenvalue weighted by Crippen LogP contribution is 2.30. The second kappa shape index (κ2) is 4.07. The van der Waals surface area contributed by atoms with Crippen molar-refractivity contribution in [2.75, 3.05) is 13.2 Å². The first-order valence-corrected chi connectivity index (χ1v) is 6.72. The Balaban J connectivity index is 1.71. The van der Waals surface area contributed by atoms with E-state index in [2.05, 4.69) is 33.3 Å². The molecule has 1 atom stereocenters. The van der Waals surface area contributed by atoms with Crippen molar-refractivity contribution in [3.05, 3.63) is 30.0 Å². The maximum Gasteiger partial charge on any atom is 0.112 e. The van der Waals surface area contributed by atoms with Gasteiger partial charge in [0, 0.05) is 18.0 Å². The van der Waals surface area contributed by atoms with Crippen LogP contribution in [0.4, 0.5) is 0 Å². The molecular formula is C14H17N3O. The van der Waals surface area contributed by atoms with Crippen molar-refractivity contribution in [2.45, 2.75) is 31.5 Å². The van der Waals surface area contributed by atoms with Crippen molar-refractivity contribution < 1.29 is 4.74 Å². The average molecular weight is 243 g/mol. The molecule has 1 aromatic carbocycles. The van der Waals surface area contributed by atoms with Gasteiger partial charge in [0.1, 0.15) is 6.10 Å². The fraction of sp³-hybridized carbons (Fsp3) is 0.500. The summed E-state index contributed by atoms with van der Waals surface area (Å²) in [6.45, 7) is 2.53. The fourth-order valence-corrected chi connectivity index (χ4v) is 2.69. The first-order valence-electron chi connectivity index (χ1n) is 6.72. The van der Waals surface area contributed by atoms with Crippen LogP contribution >= 0.6 is 0 Å². The topological polar surface area (TPSA) is 39.1 Å². The summed E-state index contributed by atoms with van der Waals surface area (Å²) in [5, 5.41) is 9.45. The van der Waals surface area contributed by atoms with Crippen LogP contribution in [0.5, 0.6) is 0 Å². The summed E-state index contributed by atoms with van der Waals surface area (Å²) >= 11 is 0. The maximum absolute atomic E-state index is 5.93. The Labute approximate surface area is 106 Å². The van der Waals surface area contributed by atoms with E-state index in [1.165, 1.54) is 23.9 Å². The average Bonchev–Trinajstić information content (AvgIpc) is 3.15. The van der Waals surface area contributed by atoms with Crippen LogP contribution in [0.2, 0.25) is 0 Å². The molecule has 0 bridgehead atoms. The van der Waals surface area contributed by atoms with Gasteiger partial charge in [0.15, 0.2) is 0 Å². The van der Waals surface area contributed by atoms with Crippen molar-refractivity contribution in [1.29, 1.82) is 0 Å². The van der Waals surface area contributed by atoms with Crippen LogP contribution < -0.4 is 5.32 Å². The van der Waals surface area contributed by atoms with Crippen molar-refractivity contribution in [1.82, 2.24) is 15.1 Å². The standard InChI is InChI=1S/C14H17N3O/c1-2-4-12-11(3-1)14-13(9-15-10-5-6-10)18-8-7-17(14)16-12/h1-4,10,13,15H,5-9H2. The molecule has 18 heavy (non-hydrogen) atoms. The molecule has 2 aliphatic rings. The molecule has 1 unspecified atom stereocenters. The Kier molecular flexibility index (Phi) is 2.38. The van der Waals surface area contributed by atoms with E-state index in [1.807, 2.05) is 6.07 Å². The van der Waals surface area contributed by atoms with Crippen molar-refractivity contribution in [2.24, 2.45) is 0 Å². The Hall–Kier alpha value is -1.39. The van der Waals surface area contributed by atoms with E-state index in [-0.39, 0.29) is 6.10 Å². The van der Waals surface area contributed by atoms with Gasteiger partial charge in [-0.1, -0.05) is 18.2 Å². The third-order valence-electron chi connectivity index (χ3n) is 3.78. The number of benzene rings is 1. The number of nitrogens with zero attached hydrogens (tertiary/aromatic N) is 2. The van der Waals surface area contributed by atoms with Gasteiger partial charge in [-0.15, -0.1) is 0 Å². The van der Waals surface area contributed by atoms with E-state index in [0.717, 1.165) is 31.3 Å². The predicted molar refractivity (Wildman–Crippen MR) is 69.5 cm³/mol. The maximum atomic E-state index is 5.93. The smallest absolute Gasteiger partial charge is 0.112 e. The van der Waals surface area contributed by atoms with Gasteiger partial charge >= 0.3 is 0 Å². The summed E-state index contributed by atoms with van der Waals surface area (Å²) in [4.78, 5) is 0. The molecule has 2 aromatic rings. The lowest BCUT2D eigenvalue weighted by atomic mass is 10.1. The number of ether oxygens (including phenoxy) is 1. The van der Waals surface area contributed by atoms with Gasteiger partial charge in [0.05, 0.1) is 24.4 Å². The van der Waals surface area contributed by atoms with Gasteiger partial charge in [-0.05, 0) is 18.9 Å². The quantitative estimate of drug-likeness (QED) is 0.894. The number of hydrogen-bond acceptors (Lipinski definition) is 3. The zero-order chi connectivity index (χ0) is 11.9. The molecule has 0 saturated heterocycles. The molecule has 1 aromatic heterocycles. The Bertz CT molecular complexity index is 573. The zero-order valence-corrected chi connectivity index (χ0v) is 10.3. The Morgan fingerprint density at radius 3 is 3.11 bits per heavy atom. The summed E-state index contributed by atoms with van der Waals surface area (Å²) in [6, 6.07) is 9.06. The van der Waals surface area contributed by atoms with Gasteiger partial charge in [0.2, 0.25) is 0 Å². The monoisotopic (exact) mass is 243 g/mol. The van der Waals surface area contributed by atoms with Gasteiger partial charge < -0.3 is 10.1 Å². The van der Waals surface area contributed by atoms with Crippen LogP contribution in [0.15, 0.2) is 24.3 Å². The number of rotatable bonds is 3. The number of nitrogens with one attached hydrogen (secondary N) is 1. The van der Waals surface area contributed by atoms with Gasteiger partial charge in [-0.3, -0.25) is 4.68 Å². The third kappa shape index (κ3) is 1.72. The molecule has 1 aliphatic heterocycles. The molecule has 94 valence electrons. The number of aromatic nitrogens is 2. The molecule has 1 fully saturated rings. The molecule has 1 N–H and O–H groups in total. The van der Waals surface area contributed by atoms with Crippen molar-refractivity contribution in [3.8, 4) is 0 Å². The molecule has 4 rings (SSSR count).